The quantitative estimate of drug-likeness (QED) is 0.707. The van der Waals surface area contributed by atoms with E-state index in [0.29, 0.717) is 5.92 Å². The molecule has 1 aromatic rings. The van der Waals surface area contributed by atoms with E-state index >= 15 is 0 Å². The number of ether oxygens (including phenoxy) is 1. The Morgan fingerprint density at radius 2 is 1.71 bits per heavy atom. The zero-order chi connectivity index (χ0) is 11.5. The third-order valence-electron chi connectivity index (χ3n) is 3.38. The molecular weight excluding hydrogens is 208 g/mol. The van der Waals surface area contributed by atoms with Gasteiger partial charge in [-0.3, -0.25) is 0 Å². The Bertz CT molecular complexity index is 466. The molecule has 0 saturated heterocycles. The van der Waals surface area contributed by atoms with E-state index in [0.717, 1.165) is 18.6 Å². The lowest BCUT2D eigenvalue weighted by Crippen LogP contribution is -2.28. The van der Waals surface area contributed by atoms with Crippen LogP contribution in [0.15, 0.2) is 60.7 Å². The molecule has 2 aliphatic rings. The average molecular weight is 224 g/mol. The van der Waals surface area contributed by atoms with Gasteiger partial charge in [0.25, 0.3) is 0 Å². The molecule has 1 heteroatoms. The van der Waals surface area contributed by atoms with Crippen LogP contribution in [0.3, 0.4) is 0 Å². The Kier molecular flexibility index (Phi) is 2.83. The molecule has 1 heterocycles. The summed E-state index contributed by atoms with van der Waals surface area (Å²) >= 11 is 0. The lowest BCUT2D eigenvalue weighted by atomic mass is 9.93. The molecule has 1 atom stereocenters. The summed E-state index contributed by atoms with van der Waals surface area (Å²) in [5, 5.41) is 0. The van der Waals surface area contributed by atoms with Crippen molar-refractivity contribution in [1.29, 1.82) is 0 Å². The van der Waals surface area contributed by atoms with Gasteiger partial charge in [0.2, 0.25) is 0 Å². The SMILES string of the molecule is C1=CC=CC(C2CCc3ccccc3O2)C=C1. The van der Waals surface area contributed by atoms with Crippen LogP contribution in [0.25, 0.3) is 0 Å². The minimum Gasteiger partial charge on any atom is -0.489 e. The molecule has 1 aromatic carbocycles. The van der Waals surface area contributed by atoms with Gasteiger partial charge in [-0.1, -0.05) is 54.7 Å². The highest BCUT2D eigenvalue weighted by Crippen LogP contribution is 2.31. The van der Waals surface area contributed by atoms with Crippen LogP contribution in [0.1, 0.15) is 12.0 Å². The molecule has 1 nitrogen and oxygen atoms in total. The summed E-state index contributed by atoms with van der Waals surface area (Å²) in [5.74, 6) is 1.45. The normalized spacial score (nSPS) is 22.9. The van der Waals surface area contributed by atoms with Crippen LogP contribution in [0.4, 0.5) is 0 Å². The fraction of sp³-hybridized carbons (Fsp3) is 0.250. The molecule has 0 aromatic heterocycles. The summed E-state index contributed by atoms with van der Waals surface area (Å²) in [6, 6.07) is 8.36. The van der Waals surface area contributed by atoms with Gasteiger partial charge in [-0.05, 0) is 24.5 Å². The molecule has 17 heavy (non-hydrogen) atoms. The topological polar surface area (TPSA) is 9.23 Å². The highest BCUT2D eigenvalue weighted by atomic mass is 16.5. The van der Waals surface area contributed by atoms with Crippen molar-refractivity contribution >= 4 is 0 Å². The molecule has 0 radical (unpaired) electrons. The van der Waals surface area contributed by atoms with Crippen molar-refractivity contribution < 1.29 is 4.74 Å². The van der Waals surface area contributed by atoms with E-state index in [1.54, 1.807) is 0 Å². The Labute approximate surface area is 102 Å². The number of hydrogen-bond donors (Lipinski definition) is 0. The van der Waals surface area contributed by atoms with E-state index in [1.165, 1.54) is 5.56 Å². The van der Waals surface area contributed by atoms with Crippen molar-refractivity contribution in [2.24, 2.45) is 5.92 Å². The van der Waals surface area contributed by atoms with Gasteiger partial charge in [0, 0.05) is 5.92 Å². The Hall–Kier alpha value is -1.76. The first-order valence-corrected chi connectivity index (χ1v) is 6.20. The third kappa shape index (κ3) is 2.19. The number of fused-ring (bicyclic) bond motifs is 1. The first-order chi connectivity index (χ1) is 8.43. The number of rotatable bonds is 1. The highest BCUT2D eigenvalue weighted by Gasteiger charge is 2.24. The molecule has 1 unspecified atom stereocenters. The van der Waals surface area contributed by atoms with E-state index in [4.69, 9.17) is 4.74 Å². The zero-order valence-electron chi connectivity index (χ0n) is 9.75. The Morgan fingerprint density at radius 1 is 0.941 bits per heavy atom. The van der Waals surface area contributed by atoms with Gasteiger partial charge in [-0.15, -0.1) is 0 Å². The second kappa shape index (κ2) is 4.62. The third-order valence-corrected chi connectivity index (χ3v) is 3.38. The van der Waals surface area contributed by atoms with Gasteiger partial charge >= 0.3 is 0 Å². The summed E-state index contributed by atoms with van der Waals surface area (Å²) in [6.07, 6.45) is 15.3. The molecule has 1 aliphatic heterocycles. The van der Waals surface area contributed by atoms with Crippen molar-refractivity contribution in [1.82, 2.24) is 0 Å². The molecule has 0 bridgehead atoms. The number of aryl methyl sites for hydroxylation is 1. The molecule has 0 fully saturated rings. The maximum absolute atomic E-state index is 6.10. The van der Waals surface area contributed by atoms with E-state index in [9.17, 15) is 0 Å². The summed E-state index contributed by atoms with van der Waals surface area (Å²) in [4.78, 5) is 0. The Balaban J connectivity index is 1.80. The smallest absolute Gasteiger partial charge is 0.122 e. The number of benzene rings is 1. The van der Waals surface area contributed by atoms with Crippen molar-refractivity contribution in [2.75, 3.05) is 0 Å². The monoisotopic (exact) mass is 224 g/mol. The zero-order valence-corrected chi connectivity index (χ0v) is 9.75. The predicted molar refractivity (Wildman–Crippen MR) is 70.1 cm³/mol. The predicted octanol–water partition coefficient (Wildman–Crippen LogP) is 3.68. The minimum absolute atomic E-state index is 0.275. The van der Waals surface area contributed by atoms with Crippen molar-refractivity contribution in [3.63, 3.8) is 0 Å². The molecule has 0 N–H and O–H groups in total. The molecule has 0 spiro atoms. The largest absolute Gasteiger partial charge is 0.489 e. The van der Waals surface area contributed by atoms with E-state index in [1.807, 2.05) is 6.07 Å². The van der Waals surface area contributed by atoms with E-state index < -0.39 is 0 Å². The molecule has 0 amide bonds. The average Bonchev–Trinajstić information content (AvgIpc) is 2.67. The van der Waals surface area contributed by atoms with Crippen molar-refractivity contribution in [3.8, 4) is 5.75 Å². The first-order valence-electron chi connectivity index (χ1n) is 6.20. The lowest BCUT2D eigenvalue weighted by molar-refractivity contribution is 0.149. The van der Waals surface area contributed by atoms with Crippen LogP contribution in [-0.4, -0.2) is 6.10 Å². The van der Waals surface area contributed by atoms with Gasteiger partial charge in [0.1, 0.15) is 11.9 Å². The van der Waals surface area contributed by atoms with Crippen LogP contribution in [0.2, 0.25) is 0 Å². The van der Waals surface area contributed by atoms with Gasteiger partial charge < -0.3 is 4.74 Å². The van der Waals surface area contributed by atoms with Crippen LogP contribution < -0.4 is 4.74 Å². The van der Waals surface area contributed by atoms with E-state index in [-0.39, 0.29) is 6.10 Å². The summed E-state index contributed by atoms with van der Waals surface area (Å²) in [6.45, 7) is 0. The molecule has 1 aliphatic carbocycles. The van der Waals surface area contributed by atoms with Gasteiger partial charge in [0.15, 0.2) is 0 Å². The standard InChI is InChI=1S/C16H16O/c1-2-4-8-13(7-3-1)16-12-11-14-9-5-6-10-15(14)17-16/h1-10,13,16H,11-12H2. The van der Waals surface area contributed by atoms with Crippen LogP contribution in [0, 0.1) is 5.92 Å². The second-order valence-corrected chi connectivity index (χ2v) is 4.53. The van der Waals surface area contributed by atoms with Crippen LogP contribution in [0.5, 0.6) is 5.75 Å². The molecule has 3 rings (SSSR count). The number of para-hydroxylation sites is 1. The molecule has 86 valence electrons. The summed E-state index contributed by atoms with van der Waals surface area (Å²) < 4.78 is 6.10. The summed E-state index contributed by atoms with van der Waals surface area (Å²) in [5.41, 5.74) is 1.34. The van der Waals surface area contributed by atoms with Crippen LogP contribution in [-0.2, 0) is 6.42 Å². The van der Waals surface area contributed by atoms with Crippen molar-refractivity contribution in [3.05, 3.63) is 66.3 Å². The van der Waals surface area contributed by atoms with Crippen molar-refractivity contribution in [2.45, 2.75) is 18.9 Å². The molecular formula is C16H16O. The van der Waals surface area contributed by atoms with Crippen LogP contribution >= 0.6 is 0 Å². The second-order valence-electron chi connectivity index (χ2n) is 4.53. The van der Waals surface area contributed by atoms with Gasteiger partial charge in [-0.2, -0.15) is 0 Å². The number of hydrogen-bond acceptors (Lipinski definition) is 1. The van der Waals surface area contributed by atoms with Gasteiger partial charge in [-0.25, -0.2) is 0 Å². The maximum Gasteiger partial charge on any atom is 0.122 e. The first kappa shape index (κ1) is 10.4. The summed E-state index contributed by atoms with van der Waals surface area (Å²) in [7, 11) is 0. The maximum atomic E-state index is 6.10. The fourth-order valence-electron chi connectivity index (χ4n) is 2.44. The molecule has 0 saturated carbocycles. The Morgan fingerprint density at radius 3 is 2.53 bits per heavy atom. The number of allylic oxidation sites excluding steroid dienone is 4. The van der Waals surface area contributed by atoms with Gasteiger partial charge in [0.05, 0.1) is 0 Å². The van der Waals surface area contributed by atoms with E-state index in [2.05, 4.69) is 54.7 Å². The highest BCUT2D eigenvalue weighted by molar-refractivity contribution is 5.35. The fourth-order valence-corrected chi connectivity index (χ4v) is 2.44. The minimum atomic E-state index is 0.275. The lowest BCUT2D eigenvalue weighted by Gasteiger charge is -2.29.